The predicted molar refractivity (Wildman–Crippen MR) is 127 cm³/mol. The lowest BCUT2D eigenvalue weighted by Crippen LogP contribution is -2.45. The average molecular weight is 449 g/mol. The molecule has 3 aromatic carbocycles. The van der Waals surface area contributed by atoms with Crippen molar-refractivity contribution in [2.45, 2.75) is 38.6 Å². The molecule has 0 atom stereocenters. The van der Waals surface area contributed by atoms with E-state index in [2.05, 4.69) is 6.07 Å². The Morgan fingerprint density at radius 1 is 0.906 bits per heavy atom. The summed E-state index contributed by atoms with van der Waals surface area (Å²) in [7, 11) is -3.91. The van der Waals surface area contributed by atoms with Crippen LogP contribution in [0.3, 0.4) is 0 Å². The Morgan fingerprint density at radius 3 is 2.25 bits per heavy atom. The summed E-state index contributed by atoms with van der Waals surface area (Å²) < 4.78 is 28.6. The van der Waals surface area contributed by atoms with Gasteiger partial charge in [0.25, 0.3) is 10.0 Å². The summed E-state index contributed by atoms with van der Waals surface area (Å²) in [5.41, 5.74) is 5.73. The molecule has 32 heavy (non-hydrogen) atoms. The Labute approximate surface area is 190 Å². The Balaban J connectivity index is 1.68. The zero-order valence-corrected chi connectivity index (χ0v) is 19.5. The molecule has 1 aliphatic rings. The highest BCUT2D eigenvalue weighted by Gasteiger charge is 2.31. The lowest BCUT2D eigenvalue weighted by molar-refractivity contribution is -0.130. The summed E-state index contributed by atoms with van der Waals surface area (Å²) in [6.45, 7) is 6.60. The van der Waals surface area contributed by atoms with Gasteiger partial charge in [-0.05, 0) is 62.1 Å². The number of benzene rings is 3. The minimum Gasteiger partial charge on any atom is -0.336 e. The smallest absolute Gasteiger partial charge is 0.264 e. The molecule has 1 heterocycles. The molecule has 5 nitrogen and oxygen atoms in total. The SMILES string of the molecule is Cc1ccc(S(=O)(=O)N(CC(=O)N2CCc3ccccc3C2)c2ccc(C)cc2C)cc1. The first-order valence-corrected chi connectivity index (χ1v) is 12.2. The number of aryl methyl sites for hydroxylation is 3. The molecule has 1 amide bonds. The lowest BCUT2D eigenvalue weighted by atomic mass is 10.00. The second-order valence-corrected chi connectivity index (χ2v) is 10.3. The van der Waals surface area contributed by atoms with Gasteiger partial charge in [-0.1, -0.05) is 59.7 Å². The van der Waals surface area contributed by atoms with Gasteiger partial charge in [0.05, 0.1) is 10.6 Å². The highest BCUT2D eigenvalue weighted by Crippen LogP contribution is 2.28. The van der Waals surface area contributed by atoms with Crippen molar-refractivity contribution < 1.29 is 13.2 Å². The van der Waals surface area contributed by atoms with E-state index in [1.165, 1.54) is 9.87 Å². The minimum atomic E-state index is -3.91. The number of fused-ring (bicyclic) bond motifs is 1. The normalized spacial score (nSPS) is 13.5. The van der Waals surface area contributed by atoms with E-state index in [-0.39, 0.29) is 17.3 Å². The van der Waals surface area contributed by atoms with Gasteiger partial charge in [0.15, 0.2) is 0 Å². The molecule has 4 rings (SSSR count). The van der Waals surface area contributed by atoms with Crippen LogP contribution in [-0.4, -0.2) is 32.3 Å². The molecule has 0 saturated heterocycles. The number of carbonyl (C=O) groups is 1. The van der Waals surface area contributed by atoms with E-state index in [0.29, 0.717) is 18.8 Å². The lowest BCUT2D eigenvalue weighted by Gasteiger charge is -2.32. The van der Waals surface area contributed by atoms with Gasteiger partial charge >= 0.3 is 0 Å². The third kappa shape index (κ3) is 4.41. The van der Waals surface area contributed by atoms with Crippen molar-refractivity contribution in [2.75, 3.05) is 17.4 Å². The van der Waals surface area contributed by atoms with Gasteiger partial charge in [0, 0.05) is 13.1 Å². The first-order chi connectivity index (χ1) is 15.3. The Hall–Kier alpha value is -3.12. The quantitative estimate of drug-likeness (QED) is 0.582. The molecule has 0 aromatic heterocycles. The fraction of sp³-hybridized carbons (Fsp3) is 0.269. The molecule has 0 bridgehead atoms. The van der Waals surface area contributed by atoms with E-state index >= 15 is 0 Å². The molecule has 0 aliphatic carbocycles. The molecular weight excluding hydrogens is 420 g/mol. The topological polar surface area (TPSA) is 57.7 Å². The van der Waals surface area contributed by atoms with Gasteiger partial charge in [0.1, 0.15) is 6.54 Å². The van der Waals surface area contributed by atoms with Crippen LogP contribution < -0.4 is 4.31 Å². The zero-order chi connectivity index (χ0) is 22.9. The molecule has 1 aliphatic heterocycles. The summed E-state index contributed by atoms with van der Waals surface area (Å²) in [5.74, 6) is -0.199. The van der Waals surface area contributed by atoms with E-state index in [0.717, 1.165) is 28.7 Å². The van der Waals surface area contributed by atoms with Crippen LogP contribution in [0.25, 0.3) is 0 Å². The van der Waals surface area contributed by atoms with E-state index < -0.39 is 10.0 Å². The molecule has 0 unspecified atom stereocenters. The first-order valence-electron chi connectivity index (χ1n) is 10.8. The molecule has 0 saturated carbocycles. The highest BCUT2D eigenvalue weighted by molar-refractivity contribution is 7.92. The Bertz CT molecular complexity index is 1250. The van der Waals surface area contributed by atoms with Crippen molar-refractivity contribution in [1.29, 1.82) is 0 Å². The number of rotatable bonds is 5. The van der Waals surface area contributed by atoms with Crippen molar-refractivity contribution in [3.05, 3.63) is 94.5 Å². The summed E-state index contributed by atoms with van der Waals surface area (Å²) >= 11 is 0. The maximum Gasteiger partial charge on any atom is 0.264 e. The maximum absolute atomic E-state index is 13.7. The number of carbonyl (C=O) groups excluding carboxylic acids is 1. The Kier molecular flexibility index (Phi) is 6.07. The number of nitrogens with zero attached hydrogens (tertiary/aromatic N) is 2. The number of hydrogen-bond acceptors (Lipinski definition) is 3. The van der Waals surface area contributed by atoms with Gasteiger partial charge in [0.2, 0.25) is 5.91 Å². The monoisotopic (exact) mass is 448 g/mol. The molecule has 0 radical (unpaired) electrons. The number of sulfonamides is 1. The third-order valence-electron chi connectivity index (χ3n) is 5.99. The summed E-state index contributed by atoms with van der Waals surface area (Å²) in [6, 6.07) is 20.4. The molecule has 6 heteroatoms. The number of amides is 1. The highest BCUT2D eigenvalue weighted by atomic mass is 32.2. The molecule has 0 N–H and O–H groups in total. The second-order valence-electron chi connectivity index (χ2n) is 8.45. The van der Waals surface area contributed by atoms with E-state index in [4.69, 9.17) is 0 Å². The van der Waals surface area contributed by atoms with Gasteiger partial charge in [-0.3, -0.25) is 9.10 Å². The van der Waals surface area contributed by atoms with Crippen LogP contribution in [0.15, 0.2) is 71.6 Å². The van der Waals surface area contributed by atoms with Crippen molar-refractivity contribution in [3.63, 3.8) is 0 Å². The van der Waals surface area contributed by atoms with Crippen LogP contribution in [0, 0.1) is 20.8 Å². The van der Waals surface area contributed by atoms with Crippen LogP contribution in [-0.2, 0) is 27.8 Å². The van der Waals surface area contributed by atoms with Crippen LogP contribution in [0.2, 0.25) is 0 Å². The van der Waals surface area contributed by atoms with Crippen LogP contribution in [0.4, 0.5) is 5.69 Å². The standard InChI is InChI=1S/C26H28N2O3S/c1-19-8-11-24(12-9-19)32(30,31)28(25-13-10-20(2)16-21(25)3)18-26(29)27-15-14-22-6-4-5-7-23(22)17-27/h4-13,16H,14-15,17-18H2,1-3H3. The fourth-order valence-electron chi connectivity index (χ4n) is 4.15. The van der Waals surface area contributed by atoms with Gasteiger partial charge < -0.3 is 4.90 Å². The van der Waals surface area contributed by atoms with Gasteiger partial charge in [-0.2, -0.15) is 0 Å². The Morgan fingerprint density at radius 2 is 1.56 bits per heavy atom. The average Bonchev–Trinajstić information content (AvgIpc) is 2.77. The maximum atomic E-state index is 13.7. The molecule has 166 valence electrons. The van der Waals surface area contributed by atoms with Crippen LogP contribution >= 0.6 is 0 Å². The number of anilines is 1. The number of hydrogen-bond donors (Lipinski definition) is 0. The van der Waals surface area contributed by atoms with E-state index in [1.54, 1.807) is 35.2 Å². The summed E-state index contributed by atoms with van der Waals surface area (Å²) in [5, 5.41) is 0. The van der Waals surface area contributed by atoms with E-state index in [1.807, 2.05) is 51.1 Å². The summed E-state index contributed by atoms with van der Waals surface area (Å²) in [4.78, 5) is 15.3. The molecular formula is C26H28N2O3S. The first kappa shape index (κ1) is 22.1. The minimum absolute atomic E-state index is 0.180. The summed E-state index contributed by atoms with van der Waals surface area (Å²) in [6.07, 6.45) is 0.774. The molecule has 3 aromatic rings. The van der Waals surface area contributed by atoms with Crippen molar-refractivity contribution in [1.82, 2.24) is 4.90 Å². The van der Waals surface area contributed by atoms with Crippen molar-refractivity contribution in [3.8, 4) is 0 Å². The fourth-order valence-corrected chi connectivity index (χ4v) is 5.63. The zero-order valence-electron chi connectivity index (χ0n) is 18.7. The predicted octanol–water partition coefficient (Wildman–Crippen LogP) is 4.39. The van der Waals surface area contributed by atoms with E-state index in [9.17, 15) is 13.2 Å². The van der Waals surface area contributed by atoms with Crippen LogP contribution in [0.5, 0.6) is 0 Å². The molecule has 0 spiro atoms. The van der Waals surface area contributed by atoms with Crippen molar-refractivity contribution in [2.24, 2.45) is 0 Å². The largest absolute Gasteiger partial charge is 0.336 e. The van der Waals surface area contributed by atoms with Crippen LogP contribution in [0.1, 0.15) is 27.8 Å². The van der Waals surface area contributed by atoms with Crippen molar-refractivity contribution >= 4 is 21.6 Å². The third-order valence-corrected chi connectivity index (χ3v) is 7.77. The van der Waals surface area contributed by atoms with Gasteiger partial charge in [-0.15, -0.1) is 0 Å². The van der Waals surface area contributed by atoms with Gasteiger partial charge in [-0.25, -0.2) is 8.42 Å². The molecule has 0 fully saturated rings. The second kappa shape index (κ2) is 8.79.